The fraction of sp³-hybridized carbons (Fsp3) is 0.387. The number of likely N-dealkylation sites (tertiary alicyclic amines) is 1. The van der Waals surface area contributed by atoms with Crippen LogP contribution in [0.1, 0.15) is 43.2 Å². The number of nitrogens with zero attached hydrogens (tertiary/aromatic N) is 4. The Morgan fingerprint density at radius 3 is 2.54 bits per heavy atom. The summed E-state index contributed by atoms with van der Waals surface area (Å²) < 4.78 is 19.9. The molecule has 39 heavy (non-hydrogen) atoms. The molecule has 0 N–H and O–H groups in total. The summed E-state index contributed by atoms with van der Waals surface area (Å²) in [6.45, 7) is 4.82. The van der Waals surface area contributed by atoms with Gasteiger partial charge < -0.3 is 14.5 Å². The Kier molecular flexibility index (Phi) is 8.33. The molecule has 0 bridgehead atoms. The molecule has 8 heteroatoms. The molecule has 2 aliphatic heterocycles. The van der Waals surface area contributed by atoms with Crippen LogP contribution in [0, 0.1) is 29.0 Å². The van der Waals surface area contributed by atoms with Crippen LogP contribution in [0.4, 0.5) is 10.2 Å². The molecule has 1 aromatic heterocycles. The van der Waals surface area contributed by atoms with Crippen LogP contribution in [0.25, 0.3) is 0 Å². The summed E-state index contributed by atoms with van der Waals surface area (Å²) in [5, 5.41) is 9.69. The molecule has 202 valence electrons. The van der Waals surface area contributed by atoms with E-state index in [0.717, 1.165) is 43.7 Å². The maximum atomic E-state index is 13.8. The van der Waals surface area contributed by atoms with Crippen molar-refractivity contribution < 1.29 is 13.9 Å². The third-order valence-electron chi connectivity index (χ3n) is 8.04. The summed E-state index contributed by atoms with van der Waals surface area (Å²) >= 11 is 6.18. The van der Waals surface area contributed by atoms with Crippen LogP contribution in [0.2, 0.25) is 5.02 Å². The van der Waals surface area contributed by atoms with Crippen molar-refractivity contribution in [3.63, 3.8) is 0 Å². The van der Waals surface area contributed by atoms with E-state index in [1.54, 1.807) is 24.4 Å². The van der Waals surface area contributed by atoms with Crippen LogP contribution >= 0.6 is 11.6 Å². The maximum absolute atomic E-state index is 13.8. The van der Waals surface area contributed by atoms with Crippen molar-refractivity contribution in [3.05, 3.63) is 88.8 Å². The summed E-state index contributed by atoms with van der Waals surface area (Å²) in [7, 11) is 0. The smallest absolute Gasteiger partial charge is 0.225 e. The van der Waals surface area contributed by atoms with Gasteiger partial charge in [-0.1, -0.05) is 29.8 Å². The van der Waals surface area contributed by atoms with Gasteiger partial charge in [-0.05, 0) is 68.1 Å². The molecule has 2 fully saturated rings. The van der Waals surface area contributed by atoms with Gasteiger partial charge in [0, 0.05) is 61.2 Å². The molecule has 3 unspecified atom stereocenters. The molecule has 3 aromatic rings. The minimum Gasteiger partial charge on any atom is -0.490 e. The van der Waals surface area contributed by atoms with Crippen LogP contribution in [0.5, 0.6) is 5.75 Å². The molecule has 2 saturated heterocycles. The number of rotatable bonds is 6. The second kappa shape index (κ2) is 12.0. The molecule has 2 aromatic carbocycles. The van der Waals surface area contributed by atoms with Gasteiger partial charge in [0.05, 0.1) is 11.7 Å². The Morgan fingerprint density at radius 1 is 1.10 bits per heavy atom. The molecule has 5 rings (SSSR count). The van der Waals surface area contributed by atoms with Gasteiger partial charge in [-0.2, -0.15) is 5.26 Å². The fourth-order valence-corrected chi connectivity index (χ4v) is 6.02. The monoisotopic (exact) mass is 546 g/mol. The zero-order valence-corrected chi connectivity index (χ0v) is 22.7. The number of aromatic nitrogens is 1. The average molecular weight is 547 g/mol. The summed E-state index contributed by atoms with van der Waals surface area (Å²) in [5.41, 5.74) is 1.66. The number of halogens is 2. The van der Waals surface area contributed by atoms with Gasteiger partial charge in [-0.25, -0.2) is 9.37 Å². The Bertz CT molecular complexity index is 1320. The number of carbonyl (C=O) groups excluding carboxylic acids is 1. The Morgan fingerprint density at radius 2 is 1.87 bits per heavy atom. The van der Waals surface area contributed by atoms with Gasteiger partial charge in [0.2, 0.25) is 5.91 Å². The van der Waals surface area contributed by atoms with Crippen molar-refractivity contribution in [3.8, 4) is 11.8 Å². The highest BCUT2D eigenvalue weighted by molar-refractivity contribution is 6.30. The first kappa shape index (κ1) is 27.0. The van der Waals surface area contributed by atoms with E-state index in [1.807, 2.05) is 42.2 Å². The molecule has 0 radical (unpaired) electrons. The zero-order chi connectivity index (χ0) is 27.4. The Balaban J connectivity index is 1.26. The van der Waals surface area contributed by atoms with Crippen LogP contribution in [0.3, 0.4) is 0 Å². The van der Waals surface area contributed by atoms with Crippen molar-refractivity contribution in [1.29, 1.82) is 5.26 Å². The fourth-order valence-electron chi connectivity index (χ4n) is 5.89. The number of ether oxygens (including phenoxy) is 1. The molecule has 0 aliphatic carbocycles. The van der Waals surface area contributed by atoms with Crippen LogP contribution < -0.4 is 9.64 Å². The number of hydrogen-bond donors (Lipinski definition) is 0. The molecular formula is C31H32ClFN4O2. The van der Waals surface area contributed by atoms with E-state index >= 15 is 0 Å². The molecule has 6 nitrogen and oxygen atoms in total. The van der Waals surface area contributed by atoms with Gasteiger partial charge in [0.15, 0.2) is 0 Å². The van der Waals surface area contributed by atoms with Crippen LogP contribution in [0.15, 0.2) is 66.9 Å². The Hall–Kier alpha value is -3.63. The van der Waals surface area contributed by atoms with Crippen LogP contribution in [-0.4, -0.2) is 48.1 Å². The summed E-state index contributed by atoms with van der Waals surface area (Å²) in [6, 6.07) is 19.8. The lowest BCUT2D eigenvalue weighted by atomic mass is 9.77. The second-order valence-electron chi connectivity index (χ2n) is 10.5. The van der Waals surface area contributed by atoms with Gasteiger partial charge in [-0.15, -0.1) is 0 Å². The van der Waals surface area contributed by atoms with E-state index in [-0.39, 0.29) is 35.6 Å². The number of carbonyl (C=O) groups is 1. The molecule has 1 amide bonds. The van der Waals surface area contributed by atoms with Gasteiger partial charge in [-0.3, -0.25) is 4.79 Å². The largest absolute Gasteiger partial charge is 0.490 e. The zero-order valence-electron chi connectivity index (χ0n) is 22.0. The molecule has 2 aliphatic rings. The lowest BCUT2D eigenvalue weighted by Crippen LogP contribution is -2.49. The number of nitriles is 1. The summed E-state index contributed by atoms with van der Waals surface area (Å²) in [5.74, 6) is 1.45. The Labute approximate surface area is 234 Å². The molecule has 0 spiro atoms. The molecule has 3 atom stereocenters. The quantitative estimate of drug-likeness (QED) is 0.376. The van der Waals surface area contributed by atoms with E-state index in [4.69, 9.17) is 21.6 Å². The first-order chi connectivity index (χ1) is 18.9. The highest BCUT2D eigenvalue weighted by atomic mass is 35.5. The van der Waals surface area contributed by atoms with Crippen molar-refractivity contribution in [1.82, 2.24) is 9.88 Å². The number of anilines is 1. The topological polar surface area (TPSA) is 69.5 Å². The van der Waals surface area contributed by atoms with E-state index in [1.165, 1.54) is 12.1 Å². The van der Waals surface area contributed by atoms with Gasteiger partial charge in [0.1, 0.15) is 23.5 Å². The lowest BCUT2D eigenvalue weighted by molar-refractivity contribution is -0.138. The van der Waals surface area contributed by atoms with E-state index < -0.39 is 0 Å². The number of hydrogen-bond acceptors (Lipinski definition) is 5. The summed E-state index contributed by atoms with van der Waals surface area (Å²) in [6.07, 6.45) is 3.76. The maximum Gasteiger partial charge on any atom is 0.225 e. The second-order valence-corrected chi connectivity index (χ2v) is 10.9. The highest BCUT2D eigenvalue weighted by Gasteiger charge is 2.38. The predicted octanol–water partition coefficient (Wildman–Crippen LogP) is 6.06. The summed E-state index contributed by atoms with van der Waals surface area (Å²) in [4.78, 5) is 22.3. The number of piperidine rings is 2. The molecule has 0 saturated carbocycles. The van der Waals surface area contributed by atoms with Crippen molar-refractivity contribution >= 4 is 23.3 Å². The van der Waals surface area contributed by atoms with Crippen molar-refractivity contribution in [2.75, 3.05) is 31.1 Å². The van der Waals surface area contributed by atoms with Gasteiger partial charge >= 0.3 is 0 Å². The third kappa shape index (κ3) is 6.34. The highest BCUT2D eigenvalue weighted by Crippen LogP contribution is 2.38. The average Bonchev–Trinajstić information content (AvgIpc) is 2.97. The minimum absolute atomic E-state index is 0.0250. The van der Waals surface area contributed by atoms with Crippen molar-refractivity contribution in [2.24, 2.45) is 11.8 Å². The SMILES string of the molecule is CC(Oc1cccc(F)c1)C1CCN(C(=O)C2CCN(c3ccc(C#N)cn3)CC2)CC1c1ccc(Cl)cc1. The van der Waals surface area contributed by atoms with Crippen LogP contribution in [-0.2, 0) is 4.79 Å². The molecule has 3 heterocycles. The van der Waals surface area contributed by atoms with E-state index in [2.05, 4.69) is 16.0 Å². The molecular weight excluding hydrogens is 515 g/mol. The number of benzene rings is 2. The number of pyridine rings is 1. The minimum atomic E-state index is -0.324. The third-order valence-corrected chi connectivity index (χ3v) is 8.29. The standard InChI is InChI=1S/C31H32ClFN4O2/c1-21(39-27-4-2-3-26(33)17-27)28-13-16-37(20-29(28)23-6-8-25(32)9-7-23)31(38)24-11-14-36(15-12-24)30-10-5-22(18-34)19-35-30/h2-10,17,19,21,24,28-29H,11-16,20H2,1H3. The first-order valence-corrected chi connectivity index (χ1v) is 13.9. The van der Waals surface area contributed by atoms with E-state index in [9.17, 15) is 9.18 Å². The van der Waals surface area contributed by atoms with Gasteiger partial charge in [0.25, 0.3) is 0 Å². The first-order valence-electron chi connectivity index (χ1n) is 13.5. The lowest BCUT2D eigenvalue weighted by Gasteiger charge is -2.43. The predicted molar refractivity (Wildman–Crippen MR) is 149 cm³/mol. The normalized spacial score (nSPS) is 20.8. The van der Waals surface area contributed by atoms with Crippen molar-refractivity contribution in [2.45, 2.75) is 38.2 Å². The van der Waals surface area contributed by atoms with E-state index in [0.29, 0.717) is 29.4 Å². The number of amides is 1.